The van der Waals surface area contributed by atoms with Crippen molar-refractivity contribution >= 4 is 11.7 Å². The van der Waals surface area contributed by atoms with Gasteiger partial charge in [-0.25, -0.2) is 4.98 Å². The Morgan fingerprint density at radius 2 is 2.47 bits per heavy atom. The Morgan fingerprint density at radius 3 is 3.11 bits per heavy atom. The number of aromatic nitrogens is 1. The molecule has 1 amide bonds. The van der Waals surface area contributed by atoms with Crippen LogP contribution < -0.4 is 5.32 Å². The molecule has 0 saturated carbocycles. The van der Waals surface area contributed by atoms with Crippen molar-refractivity contribution in [1.29, 1.82) is 0 Å². The van der Waals surface area contributed by atoms with Gasteiger partial charge in [-0.1, -0.05) is 0 Å². The first-order chi connectivity index (χ1) is 9.13. The number of amides is 1. The van der Waals surface area contributed by atoms with Crippen LogP contribution in [0.5, 0.6) is 0 Å². The van der Waals surface area contributed by atoms with Crippen LogP contribution in [0.1, 0.15) is 30.6 Å². The maximum absolute atomic E-state index is 12.5. The van der Waals surface area contributed by atoms with Crippen molar-refractivity contribution < 1.29 is 9.90 Å². The lowest BCUT2D eigenvalue weighted by Crippen LogP contribution is -2.31. The van der Waals surface area contributed by atoms with Gasteiger partial charge in [0.15, 0.2) is 0 Å². The van der Waals surface area contributed by atoms with Crippen molar-refractivity contribution in [2.45, 2.75) is 26.4 Å². The Hall–Kier alpha value is -1.62. The lowest BCUT2D eigenvalue weighted by Gasteiger charge is -2.19. The summed E-state index contributed by atoms with van der Waals surface area (Å²) in [7, 11) is 0. The van der Waals surface area contributed by atoms with Crippen molar-refractivity contribution in [3.8, 4) is 0 Å². The summed E-state index contributed by atoms with van der Waals surface area (Å²) in [6, 6.07) is 3.57. The maximum atomic E-state index is 12.5. The molecule has 1 aliphatic rings. The first-order valence-electron chi connectivity index (χ1n) is 6.79. The molecule has 0 bridgehead atoms. The molecule has 0 aromatic carbocycles. The molecule has 0 aliphatic carbocycles. The van der Waals surface area contributed by atoms with Gasteiger partial charge in [-0.15, -0.1) is 0 Å². The fourth-order valence-electron chi connectivity index (χ4n) is 2.42. The maximum Gasteiger partial charge on any atom is 0.257 e. The van der Waals surface area contributed by atoms with Crippen LogP contribution in [0.25, 0.3) is 0 Å². The van der Waals surface area contributed by atoms with E-state index in [0.29, 0.717) is 24.5 Å². The fourth-order valence-corrected chi connectivity index (χ4v) is 2.42. The second-order valence-corrected chi connectivity index (χ2v) is 4.97. The number of pyridine rings is 1. The Balaban J connectivity index is 2.12. The second kappa shape index (κ2) is 6.02. The smallest absolute Gasteiger partial charge is 0.257 e. The van der Waals surface area contributed by atoms with E-state index in [4.69, 9.17) is 0 Å². The highest BCUT2D eigenvalue weighted by atomic mass is 16.3. The lowest BCUT2D eigenvalue weighted by atomic mass is 10.0. The average Bonchev–Trinajstić information content (AvgIpc) is 2.89. The molecule has 0 spiro atoms. The number of hydrogen-bond acceptors (Lipinski definition) is 4. The molecule has 19 heavy (non-hydrogen) atoms. The van der Waals surface area contributed by atoms with Crippen LogP contribution in [0.3, 0.4) is 0 Å². The number of carbonyl (C=O) groups is 1. The number of aliphatic hydroxyl groups is 1. The van der Waals surface area contributed by atoms with Crippen LogP contribution in [0.4, 0.5) is 5.82 Å². The minimum Gasteiger partial charge on any atom is -0.393 e. The molecule has 1 fully saturated rings. The standard InChI is InChI=1S/C14H21N3O2/c1-3-15-13-12(5-4-7-16-13)14(19)17-8-6-11(9-17)10(2)18/h4-5,7,10-11,18H,3,6,8-9H2,1-2H3,(H,15,16). The monoisotopic (exact) mass is 263 g/mol. The molecular weight excluding hydrogens is 242 g/mol. The average molecular weight is 263 g/mol. The summed E-state index contributed by atoms with van der Waals surface area (Å²) >= 11 is 0. The Morgan fingerprint density at radius 1 is 1.68 bits per heavy atom. The van der Waals surface area contributed by atoms with E-state index in [9.17, 15) is 9.90 Å². The van der Waals surface area contributed by atoms with E-state index >= 15 is 0 Å². The normalized spacial score (nSPS) is 20.4. The van der Waals surface area contributed by atoms with Crippen LogP contribution >= 0.6 is 0 Å². The highest BCUT2D eigenvalue weighted by Crippen LogP contribution is 2.23. The van der Waals surface area contributed by atoms with Crippen molar-refractivity contribution in [3.05, 3.63) is 23.9 Å². The molecule has 1 aromatic heterocycles. The SMILES string of the molecule is CCNc1ncccc1C(=O)N1CCC(C(C)O)C1. The molecule has 1 aromatic rings. The van der Waals surface area contributed by atoms with E-state index in [-0.39, 0.29) is 17.9 Å². The number of nitrogens with one attached hydrogen (secondary N) is 1. The van der Waals surface area contributed by atoms with Crippen molar-refractivity contribution in [1.82, 2.24) is 9.88 Å². The van der Waals surface area contributed by atoms with Crippen molar-refractivity contribution in [3.63, 3.8) is 0 Å². The van der Waals surface area contributed by atoms with Gasteiger partial charge in [0.1, 0.15) is 5.82 Å². The zero-order chi connectivity index (χ0) is 13.8. The van der Waals surface area contributed by atoms with Gasteiger partial charge in [0, 0.05) is 31.7 Å². The number of likely N-dealkylation sites (tertiary alicyclic amines) is 1. The molecular formula is C14H21N3O2. The number of rotatable bonds is 4. The van der Waals surface area contributed by atoms with Gasteiger partial charge in [-0.2, -0.15) is 0 Å². The zero-order valence-corrected chi connectivity index (χ0v) is 11.5. The molecule has 1 aliphatic heterocycles. The van der Waals surface area contributed by atoms with E-state index in [1.165, 1.54) is 0 Å². The van der Waals surface area contributed by atoms with Crippen molar-refractivity contribution in [2.75, 3.05) is 25.0 Å². The zero-order valence-electron chi connectivity index (χ0n) is 11.5. The molecule has 2 atom stereocenters. The fraction of sp³-hybridized carbons (Fsp3) is 0.571. The number of hydrogen-bond donors (Lipinski definition) is 2. The number of aliphatic hydroxyl groups excluding tert-OH is 1. The molecule has 104 valence electrons. The summed E-state index contributed by atoms with van der Waals surface area (Å²) in [5, 5.41) is 12.7. The summed E-state index contributed by atoms with van der Waals surface area (Å²) in [6.07, 6.45) is 2.18. The summed E-state index contributed by atoms with van der Waals surface area (Å²) < 4.78 is 0. The van der Waals surface area contributed by atoms with E-state index in [2.05, 4.69) is 10.3 Å². The topological polar surface area (TPSA) is 65.5 Å². The Labute approximate surface area is 113 Å². The van der Waals surface area contributed by atoms with Gasteiger partial charge in [0.05, 0.1) is 11.7 Å². The van der Waals surface area contributed by atoms with Gasteiger partial charge < -0.3 is 15.3 Å². The molecule has 2 heterocycles. The quantitative estimate of drug-likeness (QED) is 0.860. The third-order valence-electron chi connectivity index (χ3n) is 3.58. The largest absolute Gasteiger partial charge is 0.393 e. The number of nitrogens with zero attached hydrogens (tertiary/aromatic N) is 2. The summed E-state index contributed by atoms with van der Waals surface area (Å²) in [6.45, 7) is 5.81. The van der Waals surface area contributed by atoms with E-state index in [0.717, 1.165) is 13.0 Å². The molecule has 5 heteroatoms. The minimum atomic E-state index is -0.361. The van der Waals surface area contributed by atoms with Gasteiger partial charge in [-0.05, 0) is 32.4 Å². The van der Waals surface area contributed by atoms with Crippen LogP contribution in [-0.4, -0.2) is 46.6 Å². The van der Waals surface area contributed by atoms with E-state index < -0.39 is 0 Å². The van der Waals surface area contributed by atoms with Crippen LogP contribution in [-0.2, 0) is 0 Å². The molecule has 5 nitrogen and oxygen atoms in total. The Bertz CT molecular complexity index is 448. The van der Waals surface area contributed by atoms with E-state index in [1.54, 1.807) is 30.2 Å². The third-order valence-corrected chi connectivity index (χ3v) is 3.58. The molecule has 2 rings (SSSR count). The van der Waals surface area contributed by atoms with Crippen LogP contribution in [0, 0.1) is 5.92 Å². The number of anilines is 1. The molecule has 2 unspecified atom stereocenters. The number of carbonyl (C=O) groups excluding carboxylic acids is 1. The van der Waals surface area contributed by atoms with Gasteiger partial charge in [-0.3, -0.25) is 4.79 Å². The van der Waals surface area contributed by atoms with Gasteiger partial charge in [0.2, 0.25) is 0 Å². The minimum absolute atomic E-state index is 0.00722. The first-order valence-corrected chi connectivity index (χ1v) is 6.79. The van der Waals surface area contributed by atoms with Gasteiger partial charge in [0.25, 0.3) is 5.91 Å². The van der Waals surface area contributed by atoms with E-state index in [1.807, 2.05) is 6.92 Å². The second-order valence-electron chi connectivity index (χ2n) is 4.97. The van der Waals surface area contributed by atoms with Gasteiger partial charge >= 0.3 is 0 Å². The molecule has 1 saturated heterocycles. The predicted molar refractivity (Wildman–Crippen MR) is 74.1 cm³/mol. The third kappa shape index (κ3) is 3.04. The molecule has 2 N–H and O–H groups in total. The predicted octanol–water partition coefficient (Wildman–Crippen LogP) is 1.36. The lowest BCUT2D eigenvalue weighted by molar-refractivity contribution is 0.0763. The highest BCUT2D eigenvalue weighted by Gasteiger charge is 2.30. The van der Waals surface area contributed by atoms with Crippen LogP contribution in [0.15, 0.2) is 18.3 Å². The summed E-state index contributed by atoms with van der Waals surface area (Å²) in [4.78, 5) is 18.5. The first kappa shape index (κ1) is 13.8. The summed E-state index contributed by atoms with van der Waals surface area (Å²) in [5.41, 5.74) is 0.607. The van der Waals surface area contributed by atoms with Crippen molar-refractivity contribution in [2.24, 2.45) is 5.92 Å². The summed E-state index contributed by atoms with van der Waals surface area (Å²) in [5.74, 6) is 0.811. The highest BCUT2D eigenvalue weighted by molar-refractivity contribution is 5.98. The van der Waals surface area contributed by atoms with Crippen LogP contribution in [0.2, 0.25) is 0 Å². The molecule has 0 radical (unpaired) electrons. The Kier molecular flexibility index (Phi) is 4.37.